The molecular weight excluding hydrogens is 336 g/mol. The second kappa shape index (κ2) is 7.86. The van der Waals surface area contributed by atoms with Crippen molar-refractivity contribution in [3.8, 4) is 0 Å². The lowest BCUT2D eigenvalue weighted by Crippen LogP contribution is -2.46. The second-order valence-electron chi connectivity index (χ2n) is 5.12. The van der Waals surface area contributed by atoms with Crippen molar-refractivity contribution in [1.29, 1.82) is 0 Å². The van der Waals surface area contributed by atoms with Crippen LogP contribution >= 0.6 is 15.9 Å². The molecule has 1 aliphatic heterocycles. The van der Waals surface area contributed by atoms with Gasteiger partial charge in [0.25, 0.3) is 5.91 Å². The predicted molar refractivity (Wildman–Crippen MR) is 84.6 cm³/mol. The molecule has 0 radical (unpaired) electrons. The number of rotatable bonds is 5. The van der Waals surface area contributed by atoms with E-state index >= 15 is 0 Å². The van der Waals surface area contributed by atoms with Crippen molar-refractivity contribution in [3.05, 3.63) is 33.8 Å². The Morgan fingerprint density at radius 3 is 2.52 bits per heavy atom. The number of carbonyl (C=O) groups is 1. The van der Waals surface area contributed by atoms with E-state index in [1.165, 1.54) is 0 Å². The van der Waals surface area contributed by atoms with Crippen LogP contribution in [0.25, 0.3) is 0 Å². The summed E-state index contributed by atoms with van der Waals surface area (Å²) in [4.78, 5) is 16.1. The van der Waals surface area contributed by atoms with Crippen LogP contribution < -0.4 is 11.3 Å². The minimum absolute atomic E-state index is 0.218. The zero-order valence-corrected chi connectivity index (χ0v) is 13.5. The maximum absolute atomic E-state index is 11.5. The number of aliphatic hydroxyl groups is 1. The van der Waals surface area contributed by atoms with Crippen LogP contribution in [0.2, 0.25) is 0 Å². The van der Waals surface area contributed by atoms with E-state index in [-0.39, 0.29) is 12.5 Å². The Morgan fingerprint density at radius 2 is 1.95 bits per heavy atom. The third-order valence-corrected chi connectivity index (χ3v) is 4.46. The second-order valence-corrected chi connectivity index (χ2v) is 5.98. The summed E-state index contributed by atoms with van der Waals surface area (Å²) in [5, 5.41) is 8.94. The first-order chi connectivity index (χ1) is 10.1. The van der Waals surface area contributed by atoms with E-state index in [2.05, 4.69) is 31.2 Å². The van der Waals surface area contributed by atoms with E-state index in [1.807, 2.05) is 6.07 Å². The van der Waals surface area contributed by atoms with Crippen molar-refractivity contribution in [2.75, 3.05) is 39.3 Å². The number of hydrogen-bond acceptors (Lipinski definition) is 5. The van der Waals surface area contributed by atoms with Gasteiger partial charge in [-0.05, 0) is 17.7 Å². The Balaban J connectivity index is 1.93. The average molecular weight is 357 g/mol. The molecule has 0 atom stereocenters. The van der Waals surface area contributed by atoms with Crippen LogP contribution in [-0.2, 0) is 6.54 Å². The Hall–Kier alpha value is -0.990. The number of β-amino-alcohol motifs (C(OH)–C–C–N with tert-alkyl or cyclic N) is 1. The number of carbonyl (C=O) groups excluding carboxylic acids is 1. The molecule has 1 saturated heterocycles. The molecule has 1 fully saturated rings. The van der Waals surface area contributed by atoms with Crippen LogP contribution in [0.4, 0.5) is 0 Å². The highest BCUT2D eigenvalue weighted by atomic mass is 79.9. The topological polar surface area (TPSA) is 81.8 Å². The highest BCUT2D eigenvalue weighted by Gasteiger charge is 2.17. The van der Waals surface area contributed by atoms with E-state index in [9.17, 15) is 4.79 Å². The van der Waals surface area contributed by atoms with Crippen LogP contribution in [0.5, 0.6) is 0 Å². The Labute approximate surface area is 133 Å². The van der Waals surface area contributed by atoms with E-state index in [0.29, 0.717) is 5.56 Å². The monoisotopic (exact) mass is 356 g/mol. The summed E-state index contributed by atoms with van der Waals surface area (Å²) >= 11 is 3.52. The van der Waals surface area contributed by atoms with Gasteiger partial charge in [-0.25, -0.2) is 5.84 Å². The number of aliphatic hydroxyl groups excluding tert-OH is 1. The smallest absolute Gasteiger partial charge is 0.265 e. The van der Waals surface area contributed by atoms with Crippen molar-refractivity contribution in [2.45, 2.75) is 6.54 Å². The highest BCUT2D eigenvalue weighted by molar-refractivity contribution is 9.10. The van der Waals surface area contributed by atoms with Crippen molar-refractivity contribution < 1.29 is 9.90 Å². The molecule has 0 unspecified atom stereocenters. The van der Waals surface area contributed by atoms with E-state index < -0.39 is 0 Å². The van der Waals surface area contributed by atoms with E-state index in [4.69, 9.17) is 10.9 Å². The summed E-state index contributed by atoms with van der Waals surface area (Å²) in [6.45, 7) is 5.74. The number of piperazine rings is 1. The summed E-state index contributed by atoms with van der Waals surface area (Å²) in [6.07, 6.45) is 0. The predicted octanol–water partition coefficient (Wildman–Crippen LogP) is 0.163. The molecule has 2 rings (SSSR count). The normalized spacial score (nSPS) is 16.9. The third kappa shape index (κ3) is 4.49. The molecule has 1 aromatic carbocycles. The lowest BCUT2D eigenvalue weighted by atomic mass is 10.1. The fourth-order valence-corrected chi connectivity index (χ4v) is 2.96. The first-order valence-electron chi connectivity index (χ1n) is 6.99. The van der Waals surface area contributed by atoms with Crippen molar-refractivity contribution >= 4 is 21.8 Å². The molecule has 21 heavy (non-hydrogen) atoms. The van der Waals surface area contributed by atoms with Gasteiger partial charge in [0.05, 0.1) is 6.61 Å². The summed E-state index contributed by atoms with van der Waals surface area (Å²) in [5.41, 5.74) is 3.82. The molecule has 6 nitrogen and oxygen atoms in total. The van der Waals surface area contributed by atoms with Gasteiger partial charge in [-0.1, -0.05) is 22.0 Å². The molecule has 1 aliphatic rings. The lowest BCUT2D eigenvalue weighted by molar-refractivity contribution is 0.0953. The van der Waals surface area contributed by atoms with Crippen LogP contribution in [0.15, 0.2) is 22.7 Å². The largest absolute Gasteiger partial charge is 0.395 e. The molecule has 7 heteroatoms. The minimum Gasteiger partial charge on any atom is -0.395 e. The standard InChI is InChI=1S/C14H21BrN4O2/c15-13-9-11(14(21)17-16)1-2-12(13)10-19-5-3-18(4-6-19)7-8-20/h1-2,9,20H,3-8,10,16H2,(H,17,21). The van der Waals surface area contributed by atoms with E-state index in [0.717, 1.165) is 49.3 Å². The van der Waals surface area contributed by atoms with Crippen LogP contribution in [0, 0.1) is 0 Å². The van der Waals surface area contributed by atoms with Crippen molar-refractivity contribution in [1.82, 2.24) is 15.2 Å². The van der Waals surface area contributed by atoms with Gasteiger partial charge in [-0.3, -0.25) is 20.0 Å². The number of hydrazine groups is 1. The zero-order valence-electron chi connectivity index (χ0n) is 11.9. The summed E-state index contributed by atoms with van der Waals surface area (Å²) in [7, 11) is 0. The van der Waals surface area contributed by atoms with Crippen LogP contribution in [0.3, 0.4) is 0 Å². The van der Waals surface area contributed by atoms with Gasteiger partial charge in [0, 0.05) is 49.3 Å². The van der Waals surface area contributed by atoms with Gasteiger partial charge in [-0.2, -0.15) is 0 Å². The third-order valence-electron chi connectivity index (χ3n) is 3.72. The summed E-state index contributed by atoms with van der Waals surface area (Å²) in [5.74, 6) is 4.84. The highest BCUT2D eigenvalue weighted by Crippen LogP contribution is 2.21. The number of nitrogen functional groups attached to an aromatic ring is 1. The zero-order chi connectivity index (χ0) is 15.2. The quantitative estimate of drug-likeness (QED) is 0.398. The van der Waals surface area contributed by atoms with Gasteiger partial charge in [0.1, 0.15) is 0 Å². The Bertz CT molecular complexity index is 490. The maximum Gasteiger partial charge on any atom is 0.265 e. The molecule has 4 N–H and O–H groups in total. The molecule has 0 saturated carbocycles. The number of hydrogen-bond donors (Lipinski definition) is 3. The van der Waals surface area contributed by atoms with Crippen molar-refractivity contribution in [2.24, 2.45) is 5.84 Å². The number of nitrogens with one attached hydrogen (secondary N) is 1. The maximum atomic E-state index is 11.5. The first kappa shape index (κ1) is 16.4. The fraction of sp³-hybridized carbons (Fsp3) is 0.500. The van der Waals surface area contributed by atoms with Crippen LogP contribution in [-0.4, -0.2) is 60.1 Å². The molecule has 0 aliphatic carbocycles. The number of benzene rings is 1. The molecular formula is C14H21BrN4O2. The number of nitrogens with zero attached hydrogens (tertiary/aromatic N) is 2. The van der Waals surface area contributed by atoms with Gasteiger partial charge in [-0.15, -0.1) is 0 Å². The molecule has 1 heterocycles. The Kier molecular flexibility index (Phi) is 6.13. The number of nitrogens with two attached hydrogens (primary N) is 1. The van der Waals surface area contributed by atoms with Gasteiger partial charge < -0.3 is 5.11 Å². The number of amides is 1. The van der Waals surface area contributed by atoms with Gasteiger partial charge in [0.2, 0.25) is 0 Å². The molecule has 116 valence electrons. The Morgan fingerprint density at radius 1 is 1.29 bits per heavy atom. The molecule has 0 aromatic heterocycles. The van der Waals surface area contributed by atoms with Crippen molar-refractivity contribution in [3.63, 3.8) is 0 Å². The van der Waals surface area contributed by atoms with E-state index in [1.54, 1.807) is 12.1 Å². The SMILES string of the molecule is NNC(=O)c1ccc(CN2CCN(CCO)CC2)c(Br)c1. The fourth-order valence-electron chi connectivity index (χ4n) is 2.45. The lowest BCUT2D eigenvalue weighted by Gasteiger charge is -2.34. The summed E-state index contributed by atoms with van der Waals surface area (Å²) < 4.78 is 0.918. The van der Waals surface area contributed by atoms with Gasteiger partial charge >= 0.3 is 0 Å². The van der Waals surface area contributed by atoms with Crippen LogP contribution in [0.1, 0.15) is 15.9 Å². The summed E-state index contributed by atoms with van der Waals surface area (Å²) in [6, 6.07) is 5.53. The minimum atomic E-state index is -0.292. The van der Waals surface area contributed by atoms with Gasteiger partial charge in [0.15, 0.2) is 0 Å². The molecule has 0 bridgehead atoms. The average Bonchev–Trinajstić information content (AvgIpc) is 2.50. The molecule has 0 spiro atoms. The molecule has 1 aromatic rings. The number of halogens is 1. The first-order valence-corrected chi connectivity index (χ1v) is 7.78. The molecule has 1 amide bonds.